The number of alkyl halides is 3. The van der Waals surface area contributed by atoms with Crippen molar-refractivity contribution in [2.45, 2.75) is 57.7 Å². The molecule has 1 saturated carbocycles. The maximum Gasteiger partial charge on any atom is 0.416 e. The Morgan fingerprint density at radius 2 is 1.86 bits per heavy atom. The Labute approximate surface area is 131 Å². The Morgan fingerprint density at radius 3 is 2.36 bits per heavy atom. The van der Waals surface area contributed by atoms with E-state index in [-0.39, 0.29) is 5.54 Å². The second kappa shape index (κ2) is 6.61. The van der Waals surface area contributed by atoms with Gasteiger partial charge in [-0.25, -0.2) is 0 Å². The van der Waals surface area contributed by atoms with E-state index in [1.54, 1.807) is 0 Å². The first-order chi connectivity index (χ1) is 10.3. The van der Waals surface area contributed by atoms with E-state index < -0.39 is 11.7 Å². The number of rotatable bonds is 4. The number of halogens is 3. The molecule has 0 saturated heterocycles. The minimum atomic E-state index is -4.27. The highest BCUT2D eigenvalue weighted by Crippen LogP contribution is 2.38. The van der Waals surface area contributed by atoms with Gasteiger partial charge in [0.2, 0.25) is 0 Å². The van der Waals surface area contributed by atoms with E-state index in [1.807, 2.05) is 13.1 Å². The predicted octanol–water partition coefficient (Wildman–Crippen LogP) is 5.05. The van der Waals surface area contributed by atoms with Gasteiger partial charge in [0.25, 0.3) is 0 Å². The summed E-state index contributed by atoms with van der Waals surface area (Å²) in [5.74, 6) is 1.42. The van der Waals surface area contributed by atoms with Gasteiger partial charge < -0.3 is 5.32 Å². The first-order valence-corrected chi connectivity index (χ1v) is 8.11. The molecule has 0 bridgehead atoms. The lowest BCUT2D eigenvalue weighted by molar-refractivity contribution is -0.137. The molecular formula is C18H26F3N. The first kappa shape index (κ1) is 17.3. The van der Waals surface area contributed by atoms with E-state index in [2.05, 4.69) is 19.2 Å². The van der Waals surface area contributed by atoms with Crippen LogP contribution in [-0.4, -0.2) is 12.6 Å². The zero-order valence-corrected chi connectivity index (χ0v) is 13.6. The van der Waals surface area contributed by atoms with Gasteiger partial charge in [-0.05, 0) is 62.6 Å². The van der Waals surface area contributed by atoms with E-state index >= 15 is 0 Å². The van der Waals surface area contributed by atoms with Gasteiger partial charge in [-0.3, -0.25) is 0 Å². The Morgan fingerprint density at radius 1 is 1.23 bits per heavy atom. The summed E-state index contributed by atoms with van der Waals surface area (Å²) in [6.45, 7) is 4.51. The second-order valence-electron chi connectivity index (χ2n) is 6.99. The summed E-state index contributed by atoms with van der Waals surface area (Å²) in [6, 6.07) is 5.77. The summed E-state index contributed by atoms with van der Waals surface area (Å²) < 4.78 is 38.5. The Hall–Kier alpha value is -1.03. The second-order valence-corrected chi connectivity index (χ2v) is 6.99. The summed E-state index contributed by atoms with van der Waals surface area (Å²) in [6.07, 6.45) is 0.760. The fraction of sp³-hybridized carbons (Fsp3) is 0.667. The summed E-state index contributed by atoms with van der Waals surface area (Å²) in [4.78, 5) is 0. The lowest BCUT2D eigenvalue weighted by Crippen LogP contribution is -2.48. The normalized spacial score (nSPS) is 26.4. The largest absolute Gasteiger partial charge is 0.416 e. The fourth-order valence-electron chi connectivity index (χ4n) is 3.62. The summed E-state index contributed by atoms with van der Waals surface area (Å²) in [5.41, 5.74) is 0.162. The van der Waals surface area contributed by atoms with E-state index in [4.69, 9.17) is 0 Å². The molecule has 0 aromatic heterocycles. The highest BCUT2D eigenvalue weighted by molar-refractivity contribution is 5.27. The molecule has 0 amide bonds. The van der Waals surface area contributed by atoms with Crippen molar-refractivity contribution in [3.05, 3.63) is 35.4 Å². The molecule has 1 N–H and O–H groups in total. The number of nitrogens with one attached hydrogen (secondary N) is 1. The third-order valence-electron chi connectivity index (χ3n) is 5.26. The van der Waals surface area contributed by atoms with Crippen LogP contribution in [0.1, 0.15) is 50.7 Å². The van der Waals surface area contributed by atoms with Crippen molar-refractivity contribution in [1.29, 1.82) is 0 Å². The fourth-order valence-corrected chi connectivity index (χ4v) is 3.62. The van der Waals surface area contributed by atoms with Gasteiger partial charge in [-0.15, -0.1) is 0 Å². The summed E-state index contributed by atoms with van der Waals surface area (Å²) in [7, 11) is 1.93. The van der Waals surface area contributed by atoms with Crippen LogP contribution in [0.15, 0.2) is 24.3 Å². The van der Waals surface area contributed by atoms with Crippen molar-refractivity contribution in [2.24, 2.45) is 11.8 Å². The quantitative estimate of drug-likeness (QED) is 0.820. The van der Waals surface area contributed by atoms with Crippen LogP contribution in [-0.2, 0) is 12.6 Å². The van der Waals surface area contributed by atoms with Gasteiger partial charge in [0, 0.05) is 5.54 Å². The van der Waals surface area contributed by atoms with Crippen molar-refractivity contribution in [1.82, 2.24) is 5.32 Å². The van der Waals surface area contributed by atoms with Gasteiger partial charge in [-0.1, -0.05) is 32.0 Å². The maximum atomic E-state index is 12.8. The molecule has 1 aliphatic carbocycles. The van der Waals surface area contributed by atoms with Crippen molar-refractivity contribution in [3.8, 4) is 0 Å². The monoisotopic (exact) mass is 313 g/mol. The molecule has 1 aromatic rings. The van der Waals surface area contributed by atoms with E-state index in [9.17, 15) is 13.2 Å². The predicted molar refractivity (Wildman–Crippen MR) is 83.7 cm³/mol. The van der Waals surface area contributed by atoms with Gasteiger partial charge >= 0.3 is 6.18 Å². The molecule has 0 heterocycles. The van der Waals surface area contributed by atoms with Crippen LogP contribution in [0.5, 0.6) is 0 Å². The molecule has 1 aromatic carbocycles. The molecule has 22 heavy (non-hydrogen) atoms. The number of hydrogen-bond acceptors (Lipinski definition) is 1. The van der Waals surface area contributed by atoms with E-state index in [1.165, 1.54) is 12.1 Å². The van der Waals surface area contributed by atoms with Crippen molar-refractivity contribution in [2.75, 3.05) is 7.05 Å². The SMILES string of the molecule is CNC1(Cc2cccc(C(F)(F)F)c2)CCC(C(C)C)CC1. The van der Waals surface area contributed by atoms with Crippen molar-refractivity contribution >= 4 is 0 Å². The molecule has 1 aliphatic rings. The van der Waals surface area contributed by atoms with Crippen LogP contribution in [0, 0.1) is 11.8 Å². The third-order valence-corrected chi connectivity index (χ3v) is 5.26. The van der Waals surface area contributed by atoms with Crippen LogP contribution in [0.2, 0.25) is 0 Å². The molecule has 0 spiro atoms. The van der Waals surface area contributed by atoms with Crippen LogP contribution in [0.25, 0.3) is 0 Å². The first-order valence-electron chi connectivity index (χ1n) is 8.11. The smallest absolute Gasteiger partial charge is 0.314 e. The summed E-state index contributed by atoms with van der Waals surface area (Å²) >= 11 is 0. The molecule has 0 aliphatic heterocycles. The average molecular weight is 313 g/mol. The Balaban J connectivity index is 2.11. The van der Waals surface area contributed by atoms with Gasteiger partial charge in [-0.2, -0.15) is 13.2 Å². The molecule has 0 radical (unpaired) electrons. The van der Waals surface area contributed by atoms with Crippen molar-refractivity contribution < 1.29 is 13.2 Å². The standard InChI is InChI=1S/C18H26F3N/c1-13(2)15-7-9-17(22-3,10-8-15)12-14-5-4-6-16(11-14)18(19,20)21/h4-6,11,13,15,22H,7-10,12H2,1-3H3. The highest BCUT2D eigenvalue weighted by atomic mass is 19.4. The molecule has 1 fully saturated rings. The van der Waals surface area contributed by atoms with Crippen LogP contribution in [0.3, 0.4) is 0 Å². The van der Waals surface area contributed by atoms with E-state index in [0.29, 0.717) is 12.3 Å². The zero-order valence-electron chi connectivity index (χ0n) is 13.6. The minimum Gasteiger partial charge on any atom is -0.314 e. The van der Waals surface area contributed by atoms with Crippen LogP contribution >= 0.6 is 0 Å². The van der Waals surface area contributed by atoms with Gasteiger partial charge in [0.05, 0.1) is 5.56 Å². The lowest BCUT2D eigenvalue weighted by atomic mass is 9.70. The molecule has 1 nitrogen and oxygen atoms in total. The Kier molecular flexibility index (Phi) is 5.21. The van der Waals surface area contributed by atoms with Crippen molar-refractivity contribution in [3.63, 3.8) is 0 Å². The molecule has 0 unspecified atom stereocenters. The average Bonchev–Trinajstić information content (AvgIpc) is 2.47. The third kappa shape index (κ3) is 4.03. The minimum absolute atomic E-state index is 0.0599. The Bertz CT molecular complexity index is 485. The van der Waals surface area contributed by atoms with Crippen LogP contribution < -0.4 is 5.32 Å². The molecule has 2 rings (SSSR count). The molecular weight excluding hydrogens is 287 g/mol. The zero-order chi connectivity index (χ0) is 16.4. The van der Waals surface area contributed by atoms with Gasteiger partial charge in [0.1, 0.15) is 0 Å². The molecule has 124 valence electrons. The number of likely N-dealkylation sites (N-methyl/N-ethyl adjacent to an activating group) is 1. The summed E-state index contributed by atoms with van der Waals surface area (Å²) in [5, 5.41) is 3.40. The molecule has 0 atom stereocenters. The highest BCUT2D eigenvalue weighted by Gasteiger charge is 2.36. The van der Waals surface area contributed by atoms with E-state index in [0.717, 1.165) is 43.2 Å². The molecule has 4 heteroatoms. The van der Waals surface area contributed by atoms with Crippen LogP contribution in [0.4, 0.5) is 13.2 Å². The number of hydrogen-bond donors (Lipinski definition) is 1. The number of benzene rings is 1. The lowest BCUT2D eigenvalue weighted by Gasteiger charge is -2.41. The topological polar surface area (TPSA) is 12.0 Å². The van der Waals surface area contributed by atoms with Gasteiger partial charge in [0.15, 0.2) is 0 Å². The maximum absolute atomic E-state index is 12.8.